The molecule has 3 aromatic rings. The summed E-state index contributed by atoms with van der Waals surface area (Å²) in [6.07, 6.45) is 1.36. The lowest BCUT2D eigenvalue weighted by Gasteiger charge is -2.01. The number of aromatic amines is 2. The van der Waals surface area contributed by atoms with Crippen LogP contribution in [0.4, 0.5) is 0 Å². The molecule has 0 unspecified atom stereocenters. The van der Waals surface area contributed by atoms with Gasteiger partial charge in [-0.1, -0.05) is 0 Å². The van der Waals surface area contributed by atoms with Crippen molar-refractivity contribution in [2.75, 3.05) is 0 Å². The maximum atomic E-state index is 12.0. The van der Waals surface area contributed by atoms with E-state index in [2.05, 4.69) is 20.5 Å². The summed E-state index contributed by atoms with van der Waals surface area (Å²) in [5.74, 6) is -0.858. The zero-order valence-electron chi connectivity index (χ0n) is 11.7. The van der Waals surface area contributed by atoms with E-state index in [0.717, 1.165) is 11.0 Å². The normalized spacial score (nSPS) is 11.1. The molecule has 116 valence electrons. The predicted molar refractivity (Wildman–Crippen MR) is 88.3 cm³/mol. The molecule has 0 bridgehead atoms. The molecule has 0 saturated carbocycles. The van der Waals surface area contributed by atoms with Crippen molar-refractivity contribution in [1.82, 2.24) is 15.4 Å². The van der Waals surface area contributed by atoms with Crippen LogP contribution in [0.1, 0.15) is 15.9 Å². The Morgan fingerprint density at radius 3 is 2.65 bits per heavy atom. The van der Waals surface area contributed by atoms with Crippen molar-refractivity contribution >= 4 is 35.4 Å². The number of phenolic OH excluding ortho intramolecular Hbond substituents is 2. The fourth-order valence-electron chi connectivity index (χ4n) is 2.02. The highest BCUT2D eigenvalue weighted by Crippen LogP contribution is 2.23. The second-order valence-corrected chi connectivity index (χ2v) is 5.20. The summed E-state index contributed by atoms with van der Waals surface area (Å²) in [4.78, 5) is 17.9. The van der Waals surface area contributed by atoms with Crippen molar-refractivity contribution in [3.05, 3.63) is 52.3 Å². The van der Waals surface area contributed by atoms with Gasteiger partial charge in [-0.3, -0.25) is 4.79 Å². The number of nitrogens with one attached hydrogen (secondary N) is 3. The molecule has 5 N–H and O–H groups in total. The van der Waals surface area contributed by atoms with E-state index in [1.807, 2.05) is 0 Å². The fraction of sp³-hybridized carbons (Fsp3) is 0. The Kier molecular flexibility index (Phi) is 3.82. The molecule has 3 rings (SSSR count). The van der Waals surface area contributed by atoms with E-state index in [9.17, 15) is 15.0 Å². The van der Waals surface area contributed by atoms with Gasteiger partial charge in [-0.2, -0.15) is 5.10 Å². The van der Waals surface area contributed by atoms with Crippen molar-refractivity contribution in [3.63, 3.8) is 0 Å². The van der Waals surface area contributed by atoms with E-state index in [1.165, 1.54) is 18.3 Å². The molecule has 1 amide bonds. The Hall–Kier alpha value is -3.13. The van der Waals surface area contributed by atoms with Crippen LogP contribution in [-0.2, 0) is 0 Å². The maximum absolute atomic E-state index is 12.0. The number of nitrogens with zero attached hydrogens (tertiary/aromatic N) is 1. The van der Waals surface area contributed by atoms with Crippen LogP contribution in [0.5, 0.6) is 11.5 Å². The predicted octanol–water partition coefficient (Wildman–Crippen LogP) is 2.40. The van der Waals surface area contributed by atoms with Crippen LogP contribution >= 0.6 is 12.2 Å². The van der Waals surface area contributed by atoms with Crippen molar-refractivity contribution < 1.29 is 15.0 Å². The van der Waals surface area contributed by atoms with Gasteiger partial charge in [0.2, 0.25) is 0 Å². The standard InChI is InChI=1S/C15H12N4O3S/c20-12-4-1-8(5-13(12)21)7-16-19-14(22)9-2-3-10-11(6-9)18-15(23)17-10/h1-7,20-21H,(H,19,22)(H2,17,18,23)/b16-7-. The molecule has 0 aliphatic rings. The Labute approximate surface area is 135 Å². The van der Waals surface area contributed by atoms with E-state index in [1.54, 1.807) is 24.3 Å². The van der Waals surface area contributed by atoms with Crippen LogP contribution in [0.3, 0.4) is 0 Å². The quantitative estimate of drug-likeness (QED) is 0.220. The largest absolute Gasteiger partial charge is 0.504 e. The first kappa shape index (κ1) is 14.8. The van der Waals surface area contributed by atoms with Gasteiger partial charge in [0, 0.05) is 5.56 Å². The summed E-state index contributed by atoms with van der Waals surface area (Å²) in [6.45, 7) is 0. The number of H-pyrrole nitrogens is 2. The lowest BCUT2D eigenvalue weighted by atomic mass is 10.2. The number of carbonyl (C=O) groups excluding carboxylic acids is 1. The van der Waals surface area contributed by atoms with Crippen molar-refractivity contribution in [1.29, 1.82) is 0 Å². The summed E-state index contributed by atoms with van der Waals surface area (Å²) in [5.41, 5.74) is 4.89. The number of fused-ring (bicyclic) bond motifs is 1. The smallest absolute Gasteiger partial charge is 0.271 e. The third-order valence-corrected chi connectivity index (χ3v) is 3.36. The van der Waals surface area contributed by atoms with Gasteiger partial charge in [0.1, 0.15) is 0 Å². The third kappa shape index (κ3) is 3.22. The Balaban J connectivity index is 1.73. The Morgan fingerprint density at radius 1 is 1.09 bits per heavy atom. The van der Waals surface area contributed by atoms with Gasteiger partial charge in [-0.15, -0.1) is 0 Å². The summed E-state index contributed by atoms with van der Waals surface area (Å²) in [6, 6.07) is 9.28. The van der Waals surface area contributed by atoms with E-state index < -0.39 is 0 Å². The number of aromatic nitrogens is 2. The zero-order chi connectivity index (χ0) is 16.4. The van der Waals surface area contributed by atoms with Crippen molar-refractivity contribution in [2.45, 2.75) is 0 Å². The highest BCUT2D eigenvalue weighted by atomic mass is 32.1. The monoisotopic (exact) mass is 328 g/mol. The number of rotatable bonds is 3. The van der Waals surface area contributed by atoms with Gasteiger partial charge < -0.3 is 20.2 Å². The number of aromatic hydroxyl groups is 2. The molecule has 7 nitrogen and oxygen atoms in total. The molecule has 0 fully saturated rings. The topological polar surface area (TPSA) is 114 Å². The minimum Gasteiger partial charge on any atom is -0.504 e. The summed E-state index contributed by atoms with van der Waals surface area (Å²) >= 11 is 4.99. The third-order valence-electron chi connectivity index (χ3n) is 3.16. The SMILES string of the molecule is O=C(N/N=C\c1ccc(O)c(O)c1)c1ccc2[nH]c(=S)[nH]c2c1. The number of amides is 1. The van der Waals surface area contributed by atoms with Gasteiger partial charge in [0.15, 0.2) is 16.3 Å². The van der Waals surface area contributed by atoms with Crippen LogP contribution in [0.15, 0.2) is 41.5 Å². The van der Waals surface area contributed by atoms with Gasteiger partial charge in [0.25, 0.3) is 5.91 Å². The lowest BCUT2D eigenvalue weighted by molar-refractivity contribution is 0.0955. The summed E-state index contributed by atoms with van der Waals surface area (Å²) < 4.78 is 0.489. The molecule has 2 aromatic carbocycles. The van der Waals surface area contributed by atoms with Crippen molar-refractivity contribution in [2.24, 2.45) is 5.10 Å². The van der Waals surface area contributed by atoms with E-state index >= 15 is 0 Å². The number of phenols is 2. The summed E-state index contributed by atoms with van der Waals surface area (Å²) in [5, 5.41) is 22.4. The Morgan fingerprint density at radius 2 is 1.87 bits per heavy atom. The van der Waals surface area contributed by atoms with E-state index in [4.69, 9.17) is 12.2 Å². The summed E-state index contributed by atoms with van der Waals surface area (Å²) in [7, 11) is 0. The minimum atomic E-state index is -0.383. The average Bonchev–Trinajstić information content (AvgIpc) is 2.89. The van der Waals surface area contributed by atoms with Crippen LogP contribution in [0.2, 0.25) is 0 Å². The number of hydrazone groups is 1. The molecule has 0 spiro atoms. The molecule has 0 aliphatic carbocycles. The van der Waals surface area contributed by atoms with Gasteiger partial charge in [0.05, 0.1) is 17.2 Å². The van der Waals surface area contributed by atoms with Crippen LogP contribution in [0.25, 0.3) is 11.0 Å². The molecule has 23 heavy (non-hydrogen) atoms. The zero-order valence-corrected chi connectivity index (χ0v) is 12.5. The van der Waals surface area contributed by atoms with Crippen molar-refractivity contribution in [3.8, 4) is 11.5 Å². The van der Waals surface area contributed by atoms with Crippen LogP contribution in [0, 0.1) is 4.77 Å². The number of hydrogen-bond donors (Lipinski definition) is 5. The highest BCUT2D eigenvalue weighted by molar-refractivity contribution is 7.71. The molecule has 1 aromatic heterocycles. The molecule has 0 aliphatic heterocycles. The molecule has 8 heteroatoms. The molecular weight excluding hydrogens is 316 g/mol. The first-order valence-corrected chi connectivity index (χ1v) is 7.01. The second kappa shape index (κ2) is 5.93. The number of benzene rings is 2. The van der Waals surface area contributed by atoms with E-state index in [-0.39, 0.29) is 17.4 Å². The fourth-order valence-corrected chi connectivity index (χ4v) is 2.24. The molecule has 0 atom stereocenters. The van der Waals surface area contributed by atoms with Gasteiger partial charge in [-0.05, 0) is 54.2 Å². The molecule has 0 radical (unpaired) electrons. The second-order valence-electron chi connectivity index (χ2n) is 4.79. The molecule has 1 heterocycles. The molecule has 0 saturated heterocycles. The van der Waals surface area contributed by atoms with Gasteiger partial charge >= 0.3 is 0 Å². The van der Waals surface area contributed by atoms with Crippen LogP contribution in [-0.4, -0.2) is 32.3 Å². The van der Waals surface area contributed by atoms with Crippen LogP contribution < -0.4 is 5.43 Å². The number of carbonyl (C=O) groups is 1. The maximum Gasteiger partial charge on any atom is 0.271 e. The van der Waals surface area contributed by atoms with Gasteiger partial charge in [-0.25, -0.2) is 5.43 Å². The average molecular weight is 328 g/mol. The Bertz CT molecular complexity index is 974. The minimum absolute atomic E-state index is 0.219. The van der Waals surface area contributed by atoms with E-state index in [0.29, 0.717) is 15.9 Å². The first-order valence-electron chi connectivity index (χ1n) is 6.60. The first-order chi connectivity index (χ1) is 11.0. The number of hydrogen-bond acceptors (Lipinski definition) is 5. The highest BCUT2D eigenvalue weighted by Gasteiger charge is 2.06. The molecular formula is C15H12N4O3S. The lowest BCUT2D eigenvalue weighted by Crippen LogP contribution is -2.17. The number of imidazole rings is 1.